The van der Waals surface area contributed by atoms with Gasteiger partial charge < -0.3 is 10.4 Å². The molecule has 0 spiro atoms. The van der Waals surface area contributed by atoms with Gasteiger partial charge in [-0.25, -0.2) is 4.79 Å². The number of ketones is 2. The molecule has 0 unspecified atom stereocenters. The third kappa shape index (κ3) is 3.51. The van der Waals surface area contributed by atoms with Gasteiger partial charge in [-0.05, 0) is 23.8 Å². The molecule has 0 bridgehead atoms. The van der Waals surface area contributed by atoms with E-state index in [2.05, 4.69) is 5.32 Å². The van der Waals surface area contributed by atoms with Crippen LogP contribution in [-0.4, -0.2) is 34.6 Å². The van der Waals surface area contributed by atoms with Gasteiger partial charge in [0.25, 0.3) is 5.91 Å². The van der Waals surface area contributed by atoms with E-state index in [4.69, 9.17) is 0 Å². The number of hydrogen-bond acceptors (Lipinski definition) is 4. The molecule has 0 aromatic heterocycles. The summed E-state index contributed by atoms with van der Waals surface area (Å²) in [7, 11) is 0. The average molecular weight is 399 g/mol. The zero-order valence-electron chi connectivity index (χ0n) is 15.8. The van der Waals surface area contributed by atoms with Gasteiger partial charge in [-0.2, -0.15) is 0 Å². The molecular weight excluding hydrogens is 382 g/mol. The smallest absolute Gasteiger partial charge is 0.326 e. The normalized spacial score (nSPS) is 13.2. The first kappa shape index (κ1) is 19.3. The maximum atomic E-state index is 12.8. The highest BCUT2D eigenvalue weighted by atomic mass is 16.4. The summed E-state index contributed by atoms with van der Waals surface area (Å²) in [5.74, 6) is -2.40. The molecule has 3 aromatic carbocycles. The molecule has 30 heavy (non-hydrogen) atoms. The Morgan fingerprint density at radius 3 is 1.97 bits per heavy atom. The summed E-state index contributed by atoms with van der Waals surface area (Å²) >= 11 is 0. The minimum atomic E-state index is -1.16. The Bertz CT molecular complexity index is 1180. The van der Waals surface area contributed by atoms with Crippen LogP contribution in [0.5, 0.6) is 0 Å². The molecule has 0 heterocycles. The second-order valence-electron chi connectivity index (χ2n) is 7.02. The third-order valence-corrected chi connectivity index (χ3v) is 5.07. The number of benzene rings is 3. The van der Waals surface area contributed by atoms with Gasteiger partial charge in [0.1, 0.15) is 6.04 Å². The van der Waals surface area contributed by atoms with Crippen molar-refractivity contribution in [1.82, 2.24) is 5.32 Å². The van der Waals surface area contributed by atoms with Crippen molar-refractivity contribution in [2.75, 3.05) is 0 Å². The lowest BCUT2D eigenvalue weighted by Gasteiger charge is -2.19. The van der Waals surface area contributed by atoms with Crippen LogP contribution < -0.4 is 5.32 Å². The molecule has 1 aliphatic carbocycles. The lowest BCUT2D eigenvalue weighted by atomic mass is 9.83. The summed E-state index contributed by atoms with van der Waals surface area (Å²) in [6, 6.07) is 18.6. The lowest BCUT2D eigenvalue weighted by molar-refractivity contribution is -0.139. The number of carboxylic acids is 1. The molecule has 6 heteroatoms. The summed E-state index contributed by atoms with van der Waals surface area (Å²) in [5.41, 5.74) is 1.89. The van der Waals surface area contributed by atoms with Crippen molar-refractivity contribution in [3.63, 3.8) is 0 Å². The van der Waals surface area contributed by atoms with E-state index in [1.54, 1.807) is 48.5 Å². The van der Waals surface area contributed by atoms with Crippen molar-refractivity contribution in [2.24, 2.45) is 0 Å². The molecule has 2 N–H and O–H groups in total. The Hall–Kier alpha value is -4.06. The minimum absolute atomic E-state index is 0.119. The third-order valence-electron chi connectivity index (χ3n) is 5.07. The molecule has 1 aliphatic rings. The predicted octanol–water partition coefficient (Wildman–Crippen LogP) is 2.89. The molecule has 4 rings (SSSR count). The molecule has 148 valence electrons. The Morgan fingerprint density at radius 1 is 0.767 bits per heavy atom. The number of aliphatic carboxylic acids is 1. The van der Waals surface area contributed by atoms with E-state index in [-0.39, 0.29) is 34.7 Å². The van der Waals surface area contributed by atoms with Crippen molar-refractivity contribution in [2.45, 2.75) is 12.5 Å². The molecule has 3 aromatic rings. The summed E-state index contributed by atoms with van der Waals surface area (Å²) in [6.07, 6.45) is 0.123. The fraction of sp³-hybridized carbons (Fsp3) is 0.0833. The number of nitrogens with one attached hydrogen (secondary N) is 1. The second kappa shape index (κ2) is 7.75. The fourth-order valence-corrected chi connectivity index (χ4v) is 3.53. The molecule has 6 nitrogen and oxygen atoms in total. The van der Waals surface area contributed by atoms with Crippen LogP contribution in [0.4, 0.5) is 0 Å². The van der Waals surface area contributed by atoms with Crippen LogP contribution in [0.3, 0.4) is 0 Å². The van der Waals surface area contributed by atoms with Gasteiger partial charge in [-0.3, -0.25) is 14.4 Å². The average Bonchev–Trinajstić information content (AvgIpc) is 2.77. The van der Waals surface area contributed by atoms with Crippen molar-refractivity contribution in [3.8, 4) is 0 Å². The van der Waals surface area contributed by atoms with E-state index in [0.29, 0.717) is 11.1 Å². The highest BCUT2D eigenvalue weighted by Crippen LogP contribution is 2.27. The number of fused-ring (bicyclic) bond motifs is 2. The van der Waals surface area contributed by atoms with Crippen molar-refractivity contribution in [1.29, 1.82) is 0 Å². The highest BCUT2D eigenvalue weighted by Gasteiger charge is 2.30. The van der Waals surface area contributed by atoms with Gasteiger partial charge in [0.2, 0.25) is 0 Å². The Balaban J connectivity index is 1.60. The van der Waals surface area contributed by atoms with E-state index in [1.165, 1.54) is 18.2 Å². The van der Waals surface area contributed by atoms with Crippen LogP contribution in [0, 0.1) is 0 Å². The van der Waals surface area contributed by atoms with E-state index in [1.807, 2.05) is 6.07 Å². The maximum Gasteiger partial charge on any atom is 0.326 e. The molecule has 0 radical (unpaired) electrons. The zero-order chi connectivity index (χ0) is 21.3. The first-order chi connectivity index (χ1) is 14.5. The van der Waals surface area contributed by atoms with E-state index >= 15 is 0 Å². The Kier molecular flexibility index (Phi) is 4.98. The zero-order valence-corrected chi connectivity index (χ0v) is 15.8. The van der Waals surface area contributed by atoms with Gasteiger partial charge in [-0.15, -0.1) is 0 Å². The molecule has 0 saturated carbocycles. The minimum Gasteiger partial charge on any atom is -0.480 e. The number of carboxylic acid groups (broad SMARTS) is 1. The molecule has 1 amide bonds. The Morgan fingerprint density at radius 2 is 1.33 bits per heavy atom. The first-order valence-corrected chi connectivity index (χ1v) is 9.36. The number of rotatable bonds is 5. The van der Waals surface area contributed by atoms with Crippen LogP contribution in [0.1, 0.15) is 47.8 Å². The van der Waals surface area contributed by atoms with Gasteiger partial charge >= 0.3 is 5.97 Å². The summed E-state index contributed by atoms with van der Waals surface area (Å²) in [6.45, 7) is 0. The highest BCUT2D eigenvalue weighted by molar-refractivity contribution is 6.28. The van der Waals surface area contributed by atoms with Crippen LogP contribution in [-0.2, 0) is 11.2 Å². The standard InChI is InChI=1S/C24H17NO5/c26-21-16-8-4-5-9-17(16)22(27)19-13-15(10-11-18(19)21)23(28)25-20(24(29)30)12-14-6-2-1-3-7-14/h1-11,13,20H,12H2,(H,25,28)(H,29,30)/t20-/m1/s1. The summed E-state index contributed by atoms with van der Waals surface area (Å²) in [5, 5.41) is 12.0. The van der Waals surface area contributed by atoms with Crippen LogP contribution in [0.2, 0.25) is 0 Å². The SMILES string of the molecule is O=C(N[C@H](Cc1ccccc1)C(=O)O)c1ccc2c(c1)C(=O)c1ccccc1C2=O. The largest absolute Gasteiger partial charge is 0.480 e. The van der Waals surface area contributed by atoms with Crippen LogP contribution in [0.15, 0.2) is 72.8 Å². The molecule has 1 atom stereocenters. The molecule has 0 saturated heterocycles. The first-order valence-electron chi connectivity index (χ1n) is 9.36. The fourth-order valence-electron chi connectivity index (χ4n) is 3.53. The predicted molar refractivity (Wildman–Crippen MR) is 109 cm³/mol. The van der Waals surface area contributed by atoms with E-state index in [0.717, 1.165) is 5.56 Å². The topological polar surface area (TPSA) is 101 Å². The van der Waals surface area contributed by atoms with E-state index in [9.17, 15) is 24.3 Å². The van der Waals surface area contributed by atoms with Crippen molar-refractivity contribution in [3.05, 3.63) is 106 Å². The summed E-state index contributed by atoms with van der Waals surface area (Å²) in [4.78, 5) is 49.8. The van der Waals surface area contributed by atoms with Gasteiger partial charge in [-0.1, -0.05) is 54.6 Å². The van der Waals surface area contributed by atoms with Crippen molar-refractivity contribution >= 4 is 23.4 Å². The summed E-state index contributed by atoms with van der Waals surface area (Å²) < 4.78 is 0. The molecular formula is C24H17NO5. The number of hydrogen-bond donors (Lipinski definition) is 2. The van der Waals surface area contributed by atoms with E-state index < -0.39 is 17.9 Å². The monoisotopic (exact) mass is 399 g/mol. The van der Waals surface area contributed by atoms with Gasteiger partial charge in [0.15, 0.2) is 11.6 Å². The lowest BCUT2D eigenvalue weighted by Crippen LogP contribution is -2.42. The Labute approximate surface area is 172 Å². The second-order valence-corrected chi connectivity index (χ2v) is 7.02. The number of carbonyl (C=O) groups is 4. The molecule has 0 fully saturated rings. The van der Waals surface area contributed by atoms with Crippen molar-refractivity contribution < 1.29 is 24.3 Å². The van der Waals surface area contributed by atoms with Gasteiger partial charge in [0, 0.05) is 34.2 Å². The number of carbonyl (C=O) groups excluding carboxylic acids is 3. The quantitative estimate of drug-likeness (QED) is 0.537. The molecule has 0 aliphatic heterocycles. The maximum absolute atomic E-state index is 12.8. The number of amides is 1. The van der Waals surface area contributed by atoms with Gasteiger partial charge in [0.05, 0.1) is 0 Å². The van der Waals surface area contributed by atoms with Crippen LogP contribution in [0.25, 0.3) is 0 Å². The van der Waals surface area contributed by atoms with Crippen LogP contribution >= 0.6 is 0 Å².